The molecular formula is C7H7BN2O3. The predicted octanol–water partition coefficient (Wildman–Crippen LogP) is -0.462. The summed E-state index contributed by atoms with van der Waals surface area (Å²) in [6, 6.07) is 5.55. The predicted molar refractivity (Wildman–Crippen MR) is 45.7 cm³/mol. The molecule has 0 saturated carbocycles. The van der Waals surface area contributed by atoms with Crippen LogP contribution in [0, 0.1) is 5.53 Å². The molecule has 0 aromatic heterocycles. The number of carbonyl (C=O) groups excluding carboxylic acids is 1. The Morgan fingerprint density at radius 2 is 1.85 bits per heavy atom. The summed E-state index contributed by atoms with van der Waals surface area (Å²) in [5.74, 6) is -0.654. The highest BCUT2D eigenvalue weighted by molar-refractivity contribution is 6.58. The number of carbonyl (C=O) groups is 1. The van der Waals surface area contributed by atoms with Gasteiger partial charge in [0.05, 0.1) is 0 Å². The molecule has 5 nitrogen and oxygen atoms in total. The SMILES string of the molecule is N=NC(=O)c1ccc(B(O)O)cc1. The van der Waals surface area contributed by atoms with Gasteiger partial charge < -0.3 is 10.0 Å². The number of nitrogens with zero attached hydrogens (tertiary/aromatic N) is 1. The molecule has 0 aliphatic rings. The van der Waals surface area contributed by atoms with Crippen LogP contribution in [0.15, 0.2) is 29.4 Å². The smallest absolute Gasteiger partial charge is 0.423 e. The molecule has 66 valence electrons. The van der Waals surface area contributed by atoms with Crippen molar-refractivity contribution in [2.24, 2.45) is 5.11 Å². The number of benzene rings is 1. The van der Waals surface area contributed by atoms with Gasteiger partial charge >= 0.3 is 7.12 Å². The molecule has 0 fully saturated rings. The Bertz CT molecular complexity index is 323. The number of rotatable bonds is 2. The Morgan fingerprint density at radius 1 is 1.31 bits per heavy atom. The lowest BCUT2D eigenvalue weighted by Gasteiger charge is -1.98. The van der Waals surface area contributed by atoms with E-state index in [-0.39, 0.29) is 5.56 Å². The first-order chi connectivity index (χ1) is 6.15. The maximum atomic E-state index is 10.8. The zero-order chi connectivity index (χ0) is 9.84. The molecule has 3 N–H and O–H groups in total. The Kier molecular flexibility index (Phi) is 2.89. The molecule has 0 unspecified atom stereocenters. The summed E-state index contributed by atoms with van der Waals surface area (Å²) in [5, 5.41) is 20.2. The van der Waals surface area contributed by atoms with E-state index in [4.69, 9.17) is 15.6 Å². The largest absolute Gasteiger partial charge is 0.488 e. The zero-order valence-electron chi connectivity index (χ0n) is 6.64. The monoisotopic (exact) mass is 178 g/mol. The first-order valence-electron chi connectivity index (χ1n) is 3.53. The Labute approximate surface area is 74.7 Å². The van der Waals surface area contributed by atoms with Crippen LogP contribution in [0.3, 0.4) is 0 Å². The fraction of sp³-hybridized carbons (Fsp3) is 0. The number of nitrogens with one attached hydrogen (secondary N) is 1. The van der Waals surface area contributed by atoms with Gasteiger partial charge in [0.2, 0.25) is 0 Å². The van der Waals surface area contributed by atoms with Crippen molar-refractivity contribution in [1.82, 2.24) is 0 Å². The van der Waals surface area contributed by atoms with Gasteiger partial charge in [0.25, 0.3) is 5.91 Å². The van der Waals surface area contributed by atoms with Gasteiger partial charge in [-0.25, -0.2) is 5.53 Å². The fourth-order valence-electron chi connectivity index (χ4n) is 0.862. The molecule has 0 aliphatic heterocycles. The van der Waals surface area contributed by atoms with Gasteiger partial charge in [-0.05, 0) is 17.6 Å². The molecule has 1 aromatic rings. The molecule has 0 saturated heterocycles. The van der Waals surface area contributed by atoms with E-state index in [1.165, 1.54) is 24.3 Å². The van der Waals surface area contributed by atoms with E-state index in [1.54, 1.807) is 0 Å². The van der Waals surface area contributed by atoms with E-state index < -0.39 is 13.0 Å². The van der Waals surface area contributed by atoms with Crippen molar-refractivity contribution in [3.8, 4) is 0 Å². The van der Waals surface area contributed by atoms with Crippen molar-refractivity contribution < 1.29 is 14.8 Å². The van der Waals surface area contributed by atoms with E-state index in [1.807, 2.05) is 0 Å². The van der Waals surface area contributed by atoms with Crippen LogP contribution in [-0.2, 0) is 0 Å². The molecule has 0 radical (unpaired) electrons. The van der Waals surface area contributed by atoms with Crippen LogP contribution < -0.4 is 5.46 Å². The van der Waals surface area contributed by atoms with Crippen LogP contribution in [-0.4, -0.2) is 23.1 Å². The van der Waals surface area contributed by atoms with Crippen LogP contribution in [0.4, 0.5) is 0 Å². The molecule has 1 rings (SSSR count). The van der Waals surface area contributed by atoms with Crippen LogP contribution >= 0.6 is 0 Å². The lowest BCUT2D eigenvalue weighted by molar-refractivity contribution is 0.0991. The van der Waals surface area contributed by atoms with E-state index >= 15 is 0 Å². The minimum Gasteiger partial charge on any atom is -0.423 e. The second-order valence-electron chi connectivity index (χ2n) is 2.41. The van der Waals surface area contributed by atoms with Crippen LogP contribution in [0.25, 0.3) is 0 Å². The topological polar surface area (TPSA) is 93.7 Å². The molecule has 0 aliphatic carbocycles. The van der Waals surface area contributed by atoms with Crippen molar-refractivity contribution in [1.29, 1.82) is 5.53 Å². The number of amides is 1. The molecule has 1 aromatic carbocycles. The van der Waals surface area contributed by atoms with Crippen molar-refractivity contribution in [2.45, 2.75) is 0 Å². The molecule has 13 heavy (non-hydrogen) atoms. The van der Waals surface area contributed by atoms with E-state index in [0.717, 1.165) is 0 Å². The molecule has 6 heteroatoms. The van der Waals surface area contributed by atoms with E-state index in [9.17, 15) is 4.79 Å². The highest BCUT2D eigenvalue weighted by Crippen LogP contribution is 1.99. The van der Waals surface area contributed by atoms with Gasteiger partial charge in [-0.15, -0.1) is 5.11 Å². The maximum Gasteiger partial charge on any atom is 0.488 e. The van der Waals surface area contributed by atoms with Crippen molar-refractivity contribution in [3.63, 3.8) is 0 Å². The summed E-state index contributed by atoms with van der Waals surface area (Å²) in [5.41, 5.74) is 7.00. The summed E-state index contributed by atoms with van der Waals surface area (Å²) in [4.78, 5) is 10.8. The summed E-state index contributed by atoms with van der Waals surface area (Å²) in [6.07, 6.45) is 0. The quantitative estimate of drug-likeness (QED) is 0.422. The minimum absolute atomic E-state index is 0.249. The first-order valence-corrected chi connectivity index (χ1v) is 3.53. The normalized spacial score (nSPS) is 9.38. The second kappa shape index (κ2) is 3.93. The summed E-state index contributed by atoms with van der Waals surface area (Å²) in [6.45, 7) is 0. The first kappa shape index (κ1) is 9.56. The third-order valence-electron chi connectivity index (χ3n) is 1.56. The van der Waals surface area contributed by atoms with Crippen molar-refractivity contribution in [2.75, 3.05) is 0 Å². The molecule has 0 atom stereocenters. The van der Waals surface area contributed by atoms with Crippen LogP contribution in [0.2, 0.25) is 0 Å². The number of hydrogen-bond donors (Lipinski definition) is 3. The van der Waals surface area contributed by atoms with E-state index in [2.05, 4.69) is 5.11 Å². The fourth-order valence-corrected chi connectivity index (χ4v) is 0.862. The maximum absolute atomic E-state index is 10.8. The summed E-state index contributed by atoms with van der Waals surface area (Å²) < 4.78 is 0. The molecule has 0 spiro atoms. The van der Waals surface area contributed by atoms with Gasteiger partial charge in [-0.3, -0.25) is 4.79 Å². The second-order valence-corrected chi connectivity index (χ2v) is 2.41. The average molecular weight is 178 g/mol. The highest BCUT2D eigenvalue weighted by Gasteiger charge is 2.11. The van der Waals surface area contributed by atoms with Gasteiger partial charge in [-0.2, -0.15) is 0 Å². The molecular weight excluding hydrogens is 171 g/mol. The van der Waals surface area contributed by atoms with Crippen LogP contribution in [0.5, 0.6) is 0 Å². The molecule has 0 heterocycles. The van der Waals surface area contributed by atoms with Crippen molar-refractivity contribution in [3.05, 3.63) is 29.8 Å². The standard InChI is InChI=1S/C7H7BN2O3/c9-10-7(11)5-1-3-6(4-2-5)8(12)13/h1-4,9,12-13H. The summed E-state index contributed by atoms with van der Waals surface area (Å²) in [7, 11) is -1.54. The molecule has 1 amide bonds. The summed E-state index contributed by atoms with van der Waals surface area (Å²) >= 11 is 0. The van der Waals surface area contributed by atoms with Gasteiger partial charge in [0, 0.05) is 5.56 Å². The Hall–Kier alpha value is -1.53. The van der Waals surface area contributed by atoms with Gasteiger partial charge in [0.1, 0.15) is 0 Å². The Morgan fingerprint density at radius 3 is 2.23 bits per heavy atom. The van der Waals surface area contributed by atoms with Gasteiger partial charge in [0.15, 0.2) is 0 Å². The third-order valence-corrected chi connectivity index (χ3v) is 1.56. The van der Waals surface area contributed by atoms with E-state index in [0.29, 0.717) is 5.46 Å². The van der Waals surface area contributed by atoms with Gasteiger partial charge in [-0.1, -0.05) is 12.1 Å². The van der Waals surface area contributed by atoms with Crippen LogP contribution in [0.1, 0.15) is 10.4 Å². The molecule has 0 bridgehead atoms. The minimum atomic E-state index is -1.54. The number of hydrogen-bond acceptors (Lipinski definition) is 4. The zero-order valence-corrected chi connectivity index (χ0v) is 6.64. The Balaban J connectivity index is 2.93. The lowest BCUT2D eigenvalue weighted by atomic mass is 9.80. The lowest BCUT2D eigenvalue weighted by Crippen LogP contribution is -2.29. The average Bonchev–Trinajstić information content (AvgIpc) is 2.17. The highest BCUT2D eigenvalue weighted by atomic mass is 16.4. The van der Waals surface area contributed by atoms with Crippen molar-refractivity contribution >= 4 is 18.5 Å². The third kappa shape index (κ3) is 2.20.